The highest BCUT2D eigenvalue weighted by molar-refractivity contribution is 6.17. The first-order valence-corrected chi connectivity index (χ1v) is 3.47. The summed E-state index contributed by atoms with van der Waals surface area (Å²) in [7, 11) is 0. The maximum atomic E-state index is 5.52. The number of halogens is 1. The number of aromatic nitrogens is 1. The predicted molar refractivity (Wildman–Crippen MR) is 37.4 cm³/mol. The molecule has 0 bridgehead atoms. The Morgan fingerprint density at radius 1 is 1.11 bits per heavy atom. The number of pyridine rings is 1. The van der Waals surface area contributed by atoms with E-state index in [4.69, 9.17) is 11.6 Å². The van der Waals surface area contributed by atoms with Crippen molar-refractivity contribution in [2.24, 2.45) is 0 Å². The van der Waals surface area contributed by atoms with Crippen LogP contribution >= 0.6 is 11.6 Å². The molecule has 0 amide bonds. The third kappa shape index (κ3) is 2.02. The van der Waals surface area contributed by atoms with E-state index in [2.05, 4.69) is 0 Å². The lowest BCUT2D eigenvalue weighted by molar-refractivity contribution is -0.692. The Kier molecular flexibility index (Phi) is 2.52. The Hall–Kier alpha value is -0.560. The monoisotopic (exact) mass is 142 g/mol. The number of rotatable bonds is 2. The molecule has 48 valence electrons. The third-order valence-electron chi connectivity index (χ3n) is 1.12. The second-order valence-electron chi connectivity index (χ2n) is 1.80. The lowest BCUT2D eigenvalue weighted by Crippen LogP contribution is -2.32. The zero-order valence-corrected chi connectivity index (χ0v) is 5.88. The van der Waals surface area contributed by atoms with Crippen molar-refractivity contribution in [3.63, 3.8) is 0 Å². The average molecular weight is 143 g/mol. The van der Waals surface area contributed by atoms with Crippen LogP contribution < -0.4 is 4.57 Å². The van der Waals surface area contributed by atoms with Gasteiger partial charge in [-0.15, -0.1) is 11.6 Å². The van der Waals surface area contributed by atoms with Gasteiger partial charge < -0.3 is 0 Å². The van der Waals surface area contributed by atoms with Gasteiger partial charge in [-0.1, -0.05) is 6.07 Å². The Morgan fingerprint density at radius 2 is 1.78 bits per heavy atom. The number of hydrogen-bond donors (Lipinski definition) is 0. The molecule has 0 aliphatic heterocycles. The average Bonchev–Trinajstić information content (AvgIpc) is 1.91. The van der Waals surface area contributed by atoms with Gasteiger partial charge in [0.05, 0.1) is 5.88 Å². The van der Waals surface area contributed by atoms with E-state index >= 15 is 0 Å². The van der Waals surface area contributed by atoms with Gasteiger partial charge in [-0.05, 0) is 0 Å². The minimum atomic E-state index is 0.675. The summed E-state index contributed by atoms with van der Waals surface area (Å²) in [5.74, 6) is 0.675. The van der Waals surface area contributed by atoms with E-state index in [-0.39, 0.29) is 0 Å². The van der Waals surface area contributed by atoms with E-state index in [9.17, 15) is 0 Å². The van der Waals surface area contributed by atoms with Crippen LogP contribution in [0.15, 0.2) is 30.6 Å². The molecule has 1 rings (SSSR count). The molecule has 0 saturated heterocycles. The highest BCUT2D eigenvalue weighted by Crippen LogP contribution is 1.78. The van der Waals surface area contributed by atoms with Crippen LogP contribution in [0.1, 0.15) is 0 Å². The smallest absolute Gasteiger partial charge is 0.168 e. The third-order valence-corrected chi connectivity index (χ3v) is 1.29. The fourth-order valence-corrected chi connectivity index (χ4v) is 0.876. The molecular formula is C7H9ClN+. The molecule has 0 N–H and O–H groups in total. The van der Waals surface area contributed by atoms with Gasteiger partial charge in [0, 0.05) is 12.1 Å². The maximum Gasteiger partial charge on any atom is 0.168 e. The standard InChI is InChI=1S/C7H9ClN/c8-4-7-9-5-2-1-3-6-9/h1-3,5-6H,4,7H2/q+1. The molecular weight excluding hydrogens is 134 g/mol. The van der Waals surface area contributed by atoms with Gasteiger partial charge in [0.1, 0.15) is 0 Å². The molecule has 0 saturated carbocycles. The van der Waals surface area contributed by atoms with Gasteiger partial charge in [0.15, 0.2) is 18.9 Å². The molecule has 0 unspecified atom stereocenters. The van der Waals surface area contributed by atoms with Crippen molar-refractivity contribution in [3.8, 4) is 0 Å². The number of aryl methyl sites for hydroxylation is 1. The van der Waals surface area contributed by atoms with Crippen LogP contribution in [0, 0.1) is 0 Å². The van der Waals surface area contributed by atoms with Gasteiger partial charge in [-0.3, -0.25) is 0 Å². The molecule has 0 aliphatic carbocycles. The first-order valence-electron chi connectivity index (χ1n) is 2.93. The first-order chi connectivity index (χ1) is 4.43. The number of hydrogen-bond acceptors (Lipinski definition) is 0. The Morgan fingerprint density at radius 3 is 2.33 bits per heavy atom. The van der Waals surface area contributed by atoms with Crippen LogP contribution in [-0.2, 0) is 6.54 Å². The largest absolute Gasteiger partial charge is 0.204 e. The Labute approximate surface area is 59.9 Å². The molecule has 0 fully saturated rings. The van der Waals surface area contributed by atoms with Crippen molar-refractivity contribution in [2.45, 2.75) is 6.54 Å². The molecule has 1 heterocycles. The second kappa shape index (κ2) is 3.46. The van der Waals surface area contributed by atoms with Crippen LogP contribution in [-0.4, -0.2) is 5.88 Å². The summed E-state index contributed by atoms with van der Waals surface area (Å²) in [4.78, 5) is 0. The van der Waals surface area contributed by atoms with Crippen molar-refractivity contribution in [1.29, 1.82) is 0 Å². The SMILES string of the molecule is ClCC[n+]1ccccc1. The van der Waals surface area contributed by atoms with Crippen molar-refractivity contribution < 1.29 is 4.57 Å². The quantitative estimate of drug-likeness (QED) is 0.432. The van der Waals surface area contributed by atoms with Gasteiger partial charge >= 0.3 is 0 Å². The van der Waals surface area contributed by atoms with Gasteiger partial charge in [-0.25, -0.2) is 4.57 Å². The molecule has 1 aromatic heterocycles. The highest BCUT2D eigenvalue weighted by Gasteiger charge is 1.91. The minimum absolute atomic E-state index is 0.675. The van der Waals surface area contributed by atoms with E-state index in [1.54, 1.807) is 0 Å². The zero-order chi connectivity index (χ0) is 6.53. The normalized spacial score (nSPS) is 9.44. The molecule has 1 nitrogen and oxygen atoms in total. The van der Waals surface area contributed by atoms with Crippen molar-refractivity contribution >= 4 is 11.6 Å². The molecule has 0 radical (unpaired) electrons. The van der Waals surface area contributed by atoms with Crippen molar-refractivity contribution in [1.82, 2.24) is 0 Å². The maximum absolute atomic E-state index is 5.52. The fraction of sp³-hybridized carbons (Fsp3) is 0.286. The lowest BCUT2D eigenvalue weighted by Gasteiger charge is -1.87. The molecule has 0 aromatic carbocycles. The van der Waals surface area contributed by atoms with Crippen LogP contribution in [0.4, 0.5) is 0 Å². The van der Waals surface area contributed by atoms with Crippen LogP contribution in [0.5, 0.6) is 0 Å². The summed E-state index contributed by atoms with van der Waals surface area (Å²) in [5.41, 5.74) is 0. The topological polar surface area (TPSA) is 3.88 Å². The lowest BCUT2D eigenvalue weighted by atomic mass is 10.5. The van der Waals surface area contributed by atoms with Crippen molar-refractivity contribution in [3.05, 3.63) is 30.6 Å². The van der Waals surface area contributed by atoms with Gasteiger partial charge in [-0.2, -0.15) is 0 Å². The summed E-state index contributed by atoms with van der Waals surface area (Å²) in [5, 5.41) is 0. The highest BCUT2D eigenvalue weighted by atomic mass is 35.5. The molecule has 2 heteroatoms. The van der Waals surface area contributed by atoms with E-state index in [1.165, 1.54) is 0 Å². The first kappa shape index (κ1) is 6.56. The summed E-state index contributed by atoms with van der Waals surface area (Å²) >= 11 is 5.52. The predicted octanol–water partition coefficient (Wildman–Crippen LogP) is 1.21. The van der Waals surface area contributed by atoms with Crippen LogP contribution in [0.25, 0.3) is 0 Å². The summed E-state index contributed by atoms with van der Waals surface area (Å²) in [6.45, 7) is 0.891. The van der Waals surface area contributed by atoms with Crippen molar-refractivity contribution in [2.75, 3.05) is 5.88 Å². The second-order valence-corrected chi connectivity index (χ2v) is 2.18. The zero-order valence-electron chi connectivity index (χ0n) is 5.13. The van der Waals surface area contributed by atoms with E-state index in [1.807, 2.05) is 35.2 Å². The number of nitrogens with zero attached hydrogens (tertiary/aromatic N) is 1. The summed E-state index contributed by atoms with van der Waals surface area (Å²) in [6.07, 6.45) is 4.00. The molecule has 0 atom stereocenters. The minimum Gasteiger partial charge on any atom is -0.204 e. The van der Waals surface area contributed by atoms with Gasteiger partial charge in [0.2, 0.25) is 0 Å². The fourth-order valence-electron chi connectivity index (χ4n) is 0.681. The van der Waals surface area contributed by atoms with E-state index in [0.29, 0.717) is 5.88 Å². The molecule has 0 spiro atoms. The van der Waals surface area contributed by atoms with Gasteiger partial charge in [0.25, 0.3) is 0 Å². The van der Waals surface area contributed by atoms with Crippen LogP contribution in [0.2, 0.25) is 0 Å². The summed E-state index contributed by atoms with van der Waals surface area (Å²) in [6, 6.07) is 5.98. The van der Waals surface area contributed by atoms with E-state index in [0.717, 1.165) is 6.54 Å². The number of alkyl halides is 1. The Balaban J connectivity index is 2.61. The molecule has 9 heavy (non-hydrogen) atoms. The Bertz CT molecular complexity index is 162. The van der Waals surface area contributed by atoms with E-state index < -0.39 is 0 Å². The molecule has 0 aliphatic rings. The molecule has 1 aromatic rings. The van der Waals surface area contributed by atoms with Crippen LogP contribution in [0.3, 0.4) is 0 Å². The summed E-state index contributed by atoms with van der Waals surface area (Å²) < 4.78 is 2.05.